The number of aromatic carboxylic acids is 1. The molecule has 2 rings (SSSR count). The Morgan fingerprint density at radius 2 is 1.69 bits per heavy atom. The zero-order chi connectivity index (χ0) is 11.5. The van der Waals surface area contributed by atoms with Gasteiger partial charge in [-0.2, -0.15) is 0 Å². The number of aromatic nitrogens is 2. The van der Waals surface area contributed by atoms with Crippen molar-refractivity contribution in [3.05, 3.63) is 47.2 Å². The van der Waals surface area contributed by atoms with Crippen molar-refractivity contribution in [2.75, 3.05) is 0 Å². The highest BCUT2D eigenvalue weighted by Crippen LogP contribution is 2.17. The number of carbonyl (C=O) groups is 1. The molecule has 0 spiro atoms. The Morgan fingerprint density at radius 3 is 2.19 bits per heavy atom. The summed E-state index contributed by atoms with van der Waals surface area (Å²) in [4.78, 5) is 18.3. The summed E-state index contributed by atoms with van der Waals surface area (Å²) in [6.07, 6.45) is 2.43. The molecule has 0 atom stereocenters. The van der Waals surface area contributed by atoms with Gasteiger partial charge in [0.15, 0.2) is 5.82 Å². The molecule has 0 amide bonds. The van der Waals surface area contributed by atoms with Gasteiger partial charge in [0.05, 0.1) is 5.97 Å². The van der Waals surface area contributed by atoms with Gasteiger partial charge in [-0.05, 0) is 24.3 Å². The molecule has 16 heavy (non-hydrogen) atoms. The molecule has 4 nitrogen and oxygen atoms in total. The molecular formula is C11H6ClN2O2-. The minimum Gasteiger partial charge on any atom is -0.545 e. The van der Waals surface area contributed by atoms with Gasteiger partial charge in [0.25, 0.3) is 0 Å². The summed E-state index contributed by atoms with van der Waals surface area (Å²) in [6.45, 7) is 0. The van der Waals surface area contributed by atoms with Crippen LogP contribution < -0.4 is 5.11 Å². The zero-order valence-electron chi connectivity index (χ0n) is 8.05. The molecule has 0 radical (unpaired) electrons. The Kier molecular flexibility index (Phi) is 2.83. The van der Waals surface area contributed by atoms with Crippen LogP contribution in [0.3, 0.4) is 0 Å². The summed E-state index contributed by atoms with van der Waals surface area (Å²) in [5, 5.41) is 11.1. The Bertz CT molecular complexity index is 509. The van der Waals surface area contributed by atoms with Crippen molar-refractivity contribution in [3.8, 4) is 11.4 Å². The topological polar surface area (TPSA) is 65.9 Å². The third-order valence-corrected chi connectivity index (χ3v) is 2.24. The summed E-state index contributed by atoms with van der Waals surface area (Å²) in [6, 6.07) is 6.95. The average Bonchev–Trinajstić information content (AvgIpc) is 2.30. The van der Waals surface area contributed by atoms with Crippen LogP contribution in [-0.4, -0.2) is 15.9 Å². The van der Waals surface area contributed by atoms with E-state index < -0.39 is 5.97 Å². The van der Waals surface area contributed by atoms with E-state index in [0.717, 1.165) is 5.56 Å². The van der Waals surface area contributed by atoms with Gasteiger partial charge in [-0.1, -0.05) is 11.6 Å². The quantitative estimate of drug-likeness (QED) is 0.781. The molecule has 0 bridgehead atoms. The lowest BCUT2D eigenvalue weighted by Crippen LogP contribution is -2.22. The van der Waals surface area contributed by atoms with E-state index in [2.05, 4.69) is 9.97 Å². The molecule has 2 aromatic rings. The molecule has 80 valence electrons. The second-order valence-corrected chi connectivity index (χ2v) is 3.53. The number of halogens is 1. The summed E-state index contributed by atoms with van der Waals surface area (Å²) < 4.78 is 0. The van der Waals surface area contributed by atoms with Crippen molar-refractivity contribution < 1.29 is 9.90 Å². The fourth-order valence-corrected chi connectivity index (χ4v) is 1.31. The zero-order valence-corrected chi connectivity index (χ0v) is 8.81. The van der Waals surface area contributed by atoms with Gasteiger partial charge in [-0.25, -0.2) is 9.97 Å². The van der Waals surface area contributed by atoms with Crippen molar-refractivity contribution in [3.63, 3.8) is 0 Å². The first-order valence-electron chi connectivity index (χ1n) is 4.46. The van der Waals surface area contributed by atoms with E-state index in [4.69, 9.17) is 11.6 Å². The number of carbonyl (C=O) groups excluding carboxylic acids is 1. The van der Waals surface area contributed by atoms with Gasteiger partial charge in [0, 0.05) is 28.5 Å². The maximum Gasteiger partial charge on any atom is 0.159 e. The molecule has 1 heterocycles. The maximum atomic E-state index is 10.5. The molecule has 0 saturated heterocycles. The summed E-state index contributed by atoms with van der Waals surface area (Å²) in [5.41, 5.74) is 0.729. The number of hydrogen-bond acceptors (Lipinski definition) is 4. The Morgan fingerprint density at radius 1 is 1.12 bits per heavy atom. The van der Waals surface area contributed by atoms with E-state index in [0.29, 0.717) is 10.8 Å². The number of carboxylic acids is 1. The molecule has 0 N–H and O–H groups in total. The molecule has 0 aliphatic heterocycles. The van der Waals surface area contributed by atoms with E-state index in [9.17, 15) is 9.90 Å². The molecule has 0 fully saturated rings. The first-order valence-corrected chi connectivity index (χ1v) is 4.84. The van der Waals surface area contributed by atoms with E-state index in [1.165, 1.54) is 12.4 Å². The summed E-state index contributed by atoms with van der Waals surface area (Å²) >= 11 is 5.74. The lowest BCUT2D eigenvalue weighted by atomic mass is 10.2. The lowest BCUT2D eigenvalue weighted by molar-refractivity contribution is -0.255. The number of hydrogen-bond donors (Lipinski definition) is 0. The van der Waals surface area contributed by atoms with Crippen LogP contribution in [-0.2, 0) is 0 Å². The lowest BCUT2D eigenvalue weighted by Gasteiger charge is -2.03. The predicted molar refractivity (Wildman–Crippen MR) is 56.8 cm³/mol. The molecule has 0 aliphatic carbocycles. The third kappa shape index (κ3) is 2.17. The standard InChI is InChI=1S/C11H7ClN2O2/c12-9-3-1-7(2-4-9)10-13-5-8(6-14-10)11(15)16/h1-6H,(H,15,16)/p-1. The normalized spacial score (nSPS) is 10.1. The third-order valence-electron chi connectivity index (χ3n) is 1.99. The van der Waals surface area contributed by atoms with Gasteiger partial charge in [-0.15, -0.1) is 0 Å². The van der Waals surface area contributed by atoms with Crippen LogP contribution in [0, 0.1) is 0 Å². The molecule has 0 unspecified atom stereocenters. The smallest absolute Gasteiger partial charge is 0.159 e. The highest BCUT2D eigenvalue weighted by molar-refractivity contribution is 6.30. The molecule has 5 heteroatoms. The van der Waals surface area contributed by atoms with E-state index in [-0.39, 0.29) is 5.56 Å². The fourth-order valence-electron chi connectivity index (χ4n) is 1.18. The Balaban J connectivity index is 2.34. The van der Waals surface area contributed by atoms with Crippen LogP contribution >= 0.6 is 11.6 Å². The molecule has 0 aliphatic rings. The molecule has 0 saturated carbocycles. The fraction of sp³-hybridized carbons (Fsp3) is 0. The SMILES string of the molecule is O=C([O-])c1cnc(-c2ccc(Cl)cc2)nc1. The van der Waals surface area contributed by atoms with Crippen molar-refractivity contribution in [2.45, 2.75) is 0 Å². The van der Waals surface area contributed by atoms with E-state index in [1.807, 2.05) is 0 Å². The number of nitrogens with zero attached hydrogens (tertiary/aromatic N) is 2. The molecule has 1 aromatic carbocycles. The molecular weight excluding hydrogens is 228 g/mol. The first-order chi connectivity index (χ1) is 7.66. The minimum absolute atomic E-state index is 0.0438. The van der Waals surface area contributed by atoms with Gasteiger partial charge in [0.2, 0.25) is 0 Å². The second kappa shape index (κ2) is 4.28. The van der Waals surface area contributed by atoms with Gasteiger partial charge in [0.1, 0.15) is 0 Å². The average molecular weight is 234 g/mol. The van der Waals surface area contributed by atoms with Crippen molar-refractivity contribution in [1.82, 2.24) is 9.97 Å². The van der Waals surface area contributed by atoms with Crippen LogP contribution in [0.2, 0.25) is 5.02 Å². The van der Waals surface area contributed by atoms with Crippen LogP contribution in [0.15, 0.2) is 36.7 Å². The van der Waals surface area contributed by atoms with Crippen LogP contribution in [0.25, 0.3) is 11.4 Å². The van der Waals surface area contributed by atoms with Gasteiger partial charge < -0.3 is 9.90 Å². The van der Waals surface area contributed by atoms with E-state index >= 15 is 0 Å². The van der Waals surface area contributed by atoms with Crippen molar-refractivity contribution >= 4 is 17.6 Å². The summed E-state index contributed by atoms with van der Waals surface area (Å²) in [7, 11) is 0. The number of carboxylic acid groups (broad SMARTS) is 1. The maximum absolute atomic E-state index is 10.5. The highest BCUT2D eigenvalue weighted by atomic mass is 35.5. The van der Waals surface area contributed by atoms with Crippen molar-refractivity contribution in [2.24, 2.45) is 0 Å². The highest BCUT2D eigenvalue weighted by Gasteiger charge is 2.01. The van der Waals surface area contributed by atoms with Crippen LogP contribution in [0.5, 0.6) is 0 Å². The van der Waals surface area contributed by atoms with Crippen LogP contribution in [0.1, 0.15) is 10.4 Å². The number of benzene rings is 1. The van der Waals surface area contributed by atoms with E-state index in [1.54, 1.807) is 24.3 Å². The predicted octanol–water partition coefficient (Wildman–Crippen LogP) is 1.16. The van der Waals surface area contributed by atoms with Crippen LogP contribution in [0.4, 0.5) is 0 Å². The number of rotatable bonds is 2. The Hall–Kier alpha value is -1.94. The minimum atomic E-state index is -1.29. The Labute approximate surface area is 96.6 Å². The van der Waals surface area contributed by atoms with Crippen molar-refractivity contribution in [1.29, 1.82) is 0 Å². The van der Waals surface area contributed by atoms with Gasteiger partial charge in [-0.3, -0.25) is 0 Å². The first kappa shape index (κ1) is 10.6. The second-order valence-electron chi connectivity index (χ2n) is 3.09. The summed E-state index contributed by atoms with van der Waals surface area (Å²) in [5.74, 6) is -0.843. The monoisotopic (exact) mass is 233 g/mol. The van der Waals surface area contributed by atoms with Gasteiger partial charge >= 0.3 is 0 Å². The molecule has 1 aromatic heterocycles. The largest absolute Gasteiger partial charge is 0.545 e.